The highest BCUT2D eigenvalue weighted by molar-refractivity contribution is 7.05. The lowest BCUT2D eigenvalue weighted by Gasteiger charge is -2.16. The lowest BCUT2D eigenvalue weighted by atomic mass is 10.1. The van der Waals surface area contributed by atoms with Gasteiger partial charge in [0.1, 0.15) is 0 Å². The Morgan fingerprint density at radius 2 is 2.24 bits per heavy atom. The van der Waals surface area contributed by atoms with Gasteiger partial charge in [-0.25, -0.2) is 0 Å². The summed E-state index contributed by atoms with van der Waals surface area (Å²) >= 11 is 7.63. The monoisotopic (exact) mass is 328 g/mol. The van der Waals surface area contributed by atoms with Crippen LogP contribution in [-0.2, 0) is 13.0 Å². The fraction of sp³-hybridized carbons (Fsp3) is 0.615. The zero-order valence-electron chi connectivity index (χ0n) is 12.6. The molecule has 0 aliphatic heterocycles. The van der Waals surface area contributed by atoms with Gasteiger partial charge in [0.25, 0.3) is 0 Å². The number of nitrogens with zero attached hydrogens (tertiary/aromatic N) is 5. The molecule has 1 atom stereocenters. The van der Waals surface area contributed by atoms with Crippen molar-refractivity contribution in [1.82, 2.24) is 24.3 Å². The van der Waals surface area contributed by atoms with E-state index < -0.39 is 0 Å². The minimum absolute atomic E-state index is 0.330. The molecule has 0 fully saturated rings. The van der Waals surface area contributed by atoms with Crippen LogP contribution in [0.5, 0.6) is 0 Å². The molecule has 0 saturated heterocycles. The second-order valence-electron chi connectivity index (χ2n) is 5.22. The highest BCUT2D eigenvalue weighted by Crippen LogP contribution is 2.30. The fourth-order valence-electron chi connectivity index (χ4n) is 2.14. The molecule has 2 aromatic rings. The zero-order chi connectivity index (χ0) is 15.4. The molecule has 8 heteroatoms. The maximum atomic E-state index is 6.42. The van der Waals surface area contributed by atoms with Gasteiger partial charge in [0.2, 0.25) is 0 Å². The first-order valence-corrected chi connectivity index (χ1v) is 8.12. The van der Waals surface area contributed by atoms with Crippen molar-refractivity contribution < 1.29 is 0 Å². The molecule has 0 radical (unpaired) electrons. The molecule has 0 amide bonds. The summed E-state index contributed by atoms with van der Waals surface area (Å²) in [5, 5.41) is 9.11. The normalized spacial score (nSPS) is 13.0. The van der Waals surface area contributed by atoms with Gasteiger partial charge in [-0.1, -0.05) is 29.4 Å². The van der Waals surface area contributed by atoms with Gasteiger partial charge in [-0.15, -0.1) is 5.10 Å². The maximum absolute atomic E-state index is 6.42. The lowest BCUT2D eigenvalue weighted by Crippen LogP contribution is -2.23. The summed E-state index contributed by atoms with van der Waals surface area (Å²) in [6, 6.07) is -0.330. The van der Waals surface area contributed by atoms with E-state index in [0.29, 0.717) is 5.02 Å². The van der Waals surface area contributed by atoms with Crippen LogP contribution >= 0.6 is 23.1 Å². The van der Waals surface area contributed by atoms with Crippen molar-refractivity contribution in [2.24, 2.45) is 5.73 Å². The summed E-state index contributed by atoms with van der Waals surface area (Å²) in [6.07, 6.45) is 3.54. The van der Waals surface area contributed by atoms with Crippen molar-refractivity contribution in [3.8, 4) is 0 Å². The highest BCUT2D eigenvalue weighted by Gasteiger charge is 2.23. The van der Waals surface area contributed by atoms with Crippen molar-refractivity contribution >= 4 is 23.1 Å². The minimum atomic E-state index is -0.330. The van der Waals surface area contributed by atoms with E-state index >= 15 is 0 Å². The van der Waals surface area contributed by atoms with Crippen LogP contribution in [0.4, 0.5) is 0 Å². The SMILES string of the molecule is CCCc1nnsc1C(N)c1c(Cl)cnn1CCN(C)C. The van der Waals surface area contributed by atoms with Crippen LogP contribution in [0.2, 0.25) is 5.02 Å². The average molecular weight is 329 g/mol. The summed E-state index contributed by atoms with van der Waals surface area (Å²) in [7, 11) is 4.05. The molecule has 2 N–H and O–H groups in total. The van der Waals surface area contributed by atoms with Crippen LogP contribution in [0.25, 0.3) is 0 Å². The molecule has 2 aromatic heterocycles. The van der Waals surface area contributed by atoms with E-state index in [1.807, 2.05) is 18.8 Å². The summed E-state index contributed by atoms with van der Waals surface area (Å²) in [4.78, 5) is 3.08. The molecule has 6 nitrogen and oxygen atoms in total. The maximum Gasteiger partial charge on any atom is 0.0867 e. The highest BCUT2D eigenvalue weighted by atomic mass is 35.5. The molecule has 0 bridgehead atoms. The third kappa shape index (κ3) is 3.79. The first kappa shape index (κ1) is 16.4. The van der Waals surface area contributed by atoms with Gasteiger partial charge in [-0.05, 0) is 32.0 Å². The van der Waals surface area contributed by atoms with Crippen LogP contribution in [0.1, 0.15) is 35.7 Å². The standard InChI is InChI=1S/C13H21ClN6S/c1-4-5-10-13(21-18-17-10)11(15)12-9(14)8-16-20(12)7-6-19(2)3/h8,11H,4-7,15H2,1-3H3. The van der Waals surface area contributed by atoms with Gasteiger partial charge in [-0.3, -0.25) is 4.68 Å². The number of aromatic nitrogens is 4. The van der Waals surface area contributed by atoms with Crippen molar-refractivity contribution in [3.63, 3.8) is 0 Å². The molecule has 0 spiro atoms. The van der Waals surface area contributed by atoms with Crippen LogP contribution in [0, 0.1) is 0 Å². The lowest BCUT2D eigenvalue weighted by molar-refractivity contribution is 0.368. The summed E-state index contributed by atoms with van der Waals surface area (Å²) in [5.74, 6) is 0. The Balaban J connectivity index is 2.27. The smallest absolute Gasteiger partial charge is 0.0867 e. The molecular formula is C13H21ClN6S. The second-order valence-corrected chi connectivity index (χ2v) is 6.41. The number of aryl methyl sites for hydroxylation is 1. The van der Waals surface area contributed by atoms with Gasteiger partial charge in [-0.2, -0.15) is 5.10 Å². The van der Waals surface area contributed by atoms with Crippen molar-refractivity contribution in [1.29, 1.82) is 0 Å². The topological polar surface area (TPSA) is 72.9 Å². The molecule has 21 heavy (non-hydrogen) atoms. The Hall–Kier alpha value is -1.02. The van der Waals surface area contributed by atoms with E-state index in [2.05, 4.69) is 26.5 Å². The predicted octanol–water partition coefficient (Wildman–Crippen LogP) is 1.95. The van der Waals surface area contributed by atoms with Crippen LogP contribution in [0.15, 0.2) is 6.20 Å². The van der Waals surface area contributed by atoms with Gasteiger partial charge in [0, 0.05) is 6.54 Å². The molecule has 0 aliphatic rings. The van der Waals surface area contributed by atoms with E-state index in [1.165, 1.54) is 11.5 Å². The van der Waals surface area contributed by atoms with Crippen molar-refractivity contribution in [2.75, 3.05) is 20.6 Å². The van der Waals surface area contributed by atoms with Gasteiger partial charge >= 0.3 is 0 Å². The van der Waals surface area contributed by atoms with Crippen molar-refractivity contribution in [3.05, 3.63) is 27.5 Å². The zero-order valence-corrected chi connectivity index (χ0v) is 14.2. The molecule has 116 valence electrons. The largest absolute Gasteiger partial charge is 0.318 e. The molecule has 1 unspecified atom stereocenters. The fourth-order valence-corrected chi connectivity index (χ4v) is 3.10. The minimum Gasteiger partial charge on any atom is -0.318 e. The Morgan fingerprint density at radius 3 is 2.90 bits per heavy atom. The van der Waals surface area contributed by atoms with Crippen LogP contribution in [0.3, 0.4) is 0 Å². The predicted molar refractivity (Wildman–Crippen MR) is 85.7 cm³/mol. The van der Waals surface area contributed by atoms with Gasteiger partial charge in [0.05, 0.1) is 40.1 Å². The van der Waals surface area contributed by atoms with E-state index in [9.17, 15) is 0 Å². The average Bonchev–Trinajstić information content (AvgIpc) is 3.03. The third-order valence-electron chi connectivity index (χ3n) is 3.24. The molecule has 0 saturated carbocycles. The van der Waals surface area contributed by atoms with Crippen LogP contribution in [-0.4, -0.2) is 44.9 Å². The number of hydrogen-bond acceptors (Lipinski definition) is 6. The summed E-state index contributed by atoms with van der Waals surface area (Å²) in [6.45, 7) is 3.74. The number of nitrogens with two attached hydrogens (primary N) is 1. The van der Waals surface area contributed by atoms with E-state index in [-0.39, 0.29) is 6.04 Å². The van der Waals surface area contributed by atoms with Gasteiger partial charge in [0.15, 0.2) is 0 Å². The molecule has 0 aromatic carbocycles. The number of hydrogen-bond donors (Lipinski definition) is 1. The second kappa shape index (κ2) is 7.31. The first-order chi connectivity index (χ1) is 10.0. The quantitative estimate of drug-likeness (QED) is 0.841. The molecule has 0 aliphatic carbocycles. The summed E-state index contributed by atoms with van der Waals surface area (Å²) in [5.41, 5.74) is 8.22. The molecule has 2 rings (SSSR count). The van der Waals surface area contributed by atoms with E-state index in [4.69, 9.17) is 17.3 Å². The molecular weight excluding hydrogens is 308 g/mol. The first-order valence-electron chi connectivity index (χ1n) is 6.97. The number of likely N-dealkylation sites (N-methyl/N-ethyl adjacent to an activating group) is 1. The Labute approximate surface area is 134 Å². The Morgan fingerprint density at radius 1 is 1.48 bits per heavy atom. The van der Waals surface area contributed by atoms with Crippen LogP contribution < -0.4 is 5.73 Å². The Bertz CT molecular complexity index is 579. The van der Waals surface area contributed by atoms with Crippen molar-refractivity contribution in [2.45, 2.75) is 32.4 Å². The Kier molecular flexibility index (Phi) is 5.69. The summed E-state index contributed by atoms with van der Waals surface area (Å²) < 4.78 is 5.91. The third-order valence-corrected chi connectivity index (χ3v) is 4.38. The van der Waals surface area contributed by atoms with E-state index in [0.717, 1.165) is 42.2 Å². The van der Waals surface area contributed by atoms with E-state index in [1.54, 1.807) is 6.20 Å². The number of halogens is 1. The number of rotatable bonds is 7. The molecule has 2 heterocycles. The van der Waals surface area contributed by atoms with Gasteiger partial charge < -0.3 is 10.6 Å².